The van der Waals surface area contributed by atoms with Crippen LogP contribution in [0.4, 0.5) is 5.13 Å². The van der Waals surface area contributed by atoms with Crippen LogP contribution in [0.1, 0.15) is 30.3 Å². The molecule has 2 aromatic heterocycles. The Labute approximate surface area is 127 Å². The molecule has 3 heterocycles. The Morgan fingerprint density at radius 3 is 3.14 bits per heavy atom. The fourth-order valence-corrected chi connectivity index (χ4v) is 3.09. The molecule has 1 N–H and O–H groups in total. The fourth-order valence-electron chi connectivity index (χ4n) is 2.46. The molecule has 0 fully saturated rings. The third-order valence-corrected chi connectivity index (χ3v) is 4.27. The number of fused-ring (bicyclic) bond motifs is 1. The zero-order chi connectivity index (χ0) is 14.5. The number of hydrogen-bond acceptors (Lipinski definition) is 7. The van der Waals surface area contributed by atoms with E-state index < -0.39 is 0 Å². The van der Waals surface area contributed by atoms with Crippen molar-refractivity contribution in [2.75, 3.05) is 25.6 Å². The van der Waals surface area contributed by atoms with Crippen LogP contribution in [-0.4, -0.2) is 44.4 Å². The van der Waals surface area contributed by atoms with Gasteiger partial charge in [0.2, 0.25) is 5.13 Å². The summed E-state index contributed by atoms with van der Waals surface area (Å²) in [7, 11) is 1.69. The van der Waals surface area contributed by atoms with Gasteiger partial charge in [0, 0.05) is 51.0 Å². The molecule has 0 spiro atoms. The van der Waals surface area contributed by atoms with Gasteiger partial charge in [-0.25, -0.2) is 4.98 Å². The first kappa shape index (κ1) is 14.4. The lowest BCUT2D eigenvalue weighted by atomic mass is 10.1. The van der Waals surface area contributed by atoms with Crippen LogP contribution in [0.5, 0.6) is 0 Å². The van der Waals surface area contributed by atoms with Crippen molar-refractivity contribution in [3.63, 3.8) is 0 Å². The van der Waals surface area contributed by atoms with Gasteiger partial charge in [0.25, 0.3) is 0 Å². The van der Waals surface area contributed by atoms with Gasteiger partial charge in [-0.1, -0.05) is 0 Å². The molecule has 2 aromatic rings. The van der Waals surface area contributed by atoms with Crippen molar-refractivity contribution in [3.05, 3.63) is 17.5 Å². The Bertz CT molecular complexity index is 581. The third-order valence-electron chi connectivity index (χ3n) is 3.56. The summed E-state index contributed by atoms with van der Waals surface area (Å²) in [4.78, 5) is 4.43. The monoisotopic (exact) mass is 308 g/mol. The van der Waals surface area contributed by atoms with Crippen LogP contribution in [0.25, 0.3) is 0 Å². The first-order valence-corrected chi connectivity index (χ1v) is 8.10. The summed E-state index contributed by atoms with van der Waals surface area (Å²) in [5.41, 5.74) is 0. The molecule has 0 aliphatic carbocycles. The number of hydrogen-bond donors (Lipinski definition) is 1. The maximum absolute atomic E-state index is 5.02. The highest BCUT2D eigenvalue weighted by Gasteiger charge is 2.15. The number of nitrogens with zero attached hydrogens (tertiary/aromatic N) is 5. The van der Waals surface area contributed by atoms with Crippen LogP contribution in [0.2, 0.25) is 0 Å². The van der Waals surface area contributed by atoms with Crippen molar-refractivity contribution in [2.45, 2.75) is 38.6 Å². The summed E-state index contributed by atoms with van der Waals surface area (Å²) in [6, 6.07) is 0. The van der Waals surface area contributed by atoms with Crippen molar-refractivity contribution >= 4 is 16.7 Å². The van der Waals surface area contributed by atoms with Crippen LogP contribution in [-0.2, 0) is 30.5 Å². The van der Waals surface area contributed by atoms with Crippen LogP contribution < -0.4 is 5.32 Å². The van der Waals surface area contributed by atoms with Crippen molar-refractivity contribution in [3.8, 4) is 0 Å². The van der Waals surface area contributed by atoms with E-state index in [1.807, 2.05) is 0 Å². The van der Waals surface area contributed by atoms with E-state index in [0.29, 0.717) is 6.61 Å². The second-order valence-electron chi connectivity index (χ2n) is 5.08. The molecular weight excluding hydrogens is 288 g/mol. The maximum Gasteiger partial charge on any atom is 0.202 e. The molecule has 7 nitrogen and oxygen atoms in total. The largest absolute Gasteiger partial charge is 0.384 e. The number of ether oxygens (including phenoxy) is 1. The molecule has 0 unspecified atom stereocenters. The Hall–Kier alpha value is -1.54. The third kappa shape index (κ3) is 3.56. The molecule has 8 heteroatoms. The van der Waals surface area contributed by atoms with Gasteiger partial charge in [-0.15, -0.1) is 10.2 Å². The fraction of sp³-hybridized carbons (Fsp3) is 0.692. The van der Waals surface area contributed by atoms with Gasteiger partial charge in [0.1, 0.15) is 17.5 Å². The van der Waals surface area contributed by atoms with E-state index in [1.54, 1.807) is 7.11 Å². The van der Waals surface area contributed by atoms with Gasteiger partial charge in [-0.3, -0.25) is 0 Å². The number of aromatic nitrogens is 5. The zero-order valence-corrected chi connectivity index (χ0v) is 13.0. The van der Waals surface area contributed by atoms with E-state index >= 15 is 0 Å². The highest BCUT2D eigenvalue weighted by molar-refractivity contribution is 7.09. The molecule has 0 radical (unpaired) electrons. The molecule has 1 aliphatic rings. The summed E-state index contributed by atoms with van der Waals surface area (Å²) in [6.07, 6.45) is 5.13. The molecular formula is C13H20N6OS. The molecule has 0 saturated carbocycles. The number of methoxy groups -OCH3 is 1. The quantitative estimate of drug-likeness (QED) is 0.831. The van der Waals surface area contributed by atoms with E-state index in [1.165, 1.54) is 24.4 Å². The number of aryl methyl sites for hydroxylation is 1. The average molecular weight is 308 g/mol. The predicted octanol–water partition coefficient (Wildman–Crippen LogP) is 1.31. The molecule has 0 aromatic carbocycles. The minimum atomic E-state index is 0.655. The number of rotatable bonds is 7. The van der Waals surface area contributed by atoms with Crippen LogP contribution in [0.3, 0.4) is 0 Å². The standard InChI is InChI=1S/C13H20N6OS/c1-20-9-6-10-15-13(21-18-10)14-7-5-12-17-16-11-4-2-3-8-19(11)12/h2-9H2,1H3,(H,14,15,18). The molecule has 0 saturated heterocycles. The predicted molar refractivity (Wildman–Crippen MR) is 80.6 cm³/mol. The lowest BCUT2D eigenvalue weighted by molar-refractivity contribution is 0.201. The minimum Gasteiger partial charge on any atom is -0.384 e. The Kier molecular flexibility index (Phi) is 4.76. The number of nitrogens with one attached hydrogen (secondary N) is 1. The number of anilines is 1. The van der Waals surface area contributed by atoms with Gasteiger partial charge in [0.15, 0.2) is 0 Å². The molecule has 0 bridgehead atoms. The lowest BCUT2D eigenvalue weighted by Gasteiger charge is -2.14. The topological polar surface area (TPSA) is 77.8 Å². The van der Waals surface area contributed by atoms with Crippen molar-refractivity contribution in [1.29, 1.82) is 0 Å². The van der Waals surface area contributed by atoms with Crippen LogP contribution >= 0.6 is 11.5 Å². The smallest absolute Gasteiger partial charge is 0.202 e. The van der Waals surface area contributed by atoms with Gasteiger partial charge < -0.3 is 14.6 Å². The molecule has 1 aliphatic heterocycles. The normalized spacial score (nSPS) is 14.1. The highest BCUT2D eigenvalue weighted by Crippen LogP contribution is 2.15. The second-order valence-corrected chi connectivity index (χ2v) is 5.83. The van der Waals surface area contributed by atoms with E-state index in [4.69, 9.17) is 4.74 Å². The first-order valence-electron chi connectivity index (χ1n) is 7.33. The summed E-state index contributed by atoms with van der Waals surface area (Å²) >= 11 is 1.40. The van der Waals surface area contributed by atoms with Crippen molar-refractivity contribution in [1.82, 2.24) is 24.1 Å². The second kappa shape index (κ2) is 6.95. The molecule has 0 atom stereocenters. The van der Waals surface area contributed by atoms with Crippen LogP contribution in [0, 0.1) is 0 Å². The van der Waals surface area contributed by atoms with Gasteiger partial charge in [0.05, 0.1) is 6.61 Å². The lowest BCUT2D eigenvalue weighted by Crippen LogP contribution is -2.15. The van der Waals surface area contributed by atoms with Gasteiger partial charge in [-0.05, 0) is 12.8 Å². The SMILES string of the molecule is COCCc1nsc(NCCc2nnc3n2CCCC3)n1. The van der Waals surface area contributed by atoms with Crippen molar-refractivity contribution < 1.29 is 4.74 Å². The highest BCUT2D eigenvalue weighted by atomic mass is 32.1. The Morgan fingerprint density at radius 2 is 2.24 bits per heavy atom. The van der Waals surface area contributed by atoms with Gasteiger partial charge >= 0.3 is 0 Å². The summed E-state index contributed by atoms with van der Waals surface area (Å²) in [6.45, 7) is 2.51. The molecule has 21 heavy (non-hydrogen) atoms. The average Bonchev–Trinajstić information content (AvgIpc) is 3.13. The first-order chi connectivity index (χ1) is 10.4. The minimum absolute atomic E-state index is 0.655. The van der Waals surface area contributed by atoms with E-state index in [2.05, 4.69) is 29.4 Å². The molecule has 3 rings (SSSR count). The van der Waals surface area contributed by atoms with Crippen molar-refractivity contribution in [2.24, 2.45) is 0 Å². The maximum atomic E-state index is 5.02. The van der Waals surface area contributed by atoms with E-state index in [0.717, 1.165) is 55.0 Å². The van der Waals surface area contributed by atoms with Crippen LogP contribution in [0.15, 0.2) is 0 Å². The van der Waals surface area contributed by atoms with E-state index in [-0.39, 0.29) is 0 Å². The molecule has 114 valence electrons. The van der Waals surface area contributed by atoms with Gasteiger partial charge in [-0.2, -0.15) is 4.37 Å². The summed E-state index contributed by atoms with van der Waals surface area (Å²) < 4.78 is 11.6. The van der Waals surface area contributed by atoms with E-state index in [9.17, 15) is 0 Å². The molecule has 0 amide bonds. The Morgan fingerprint density at radius 1 is 1.29 bits per heavy atom. The Balaban J connectivity index is 1.49. The summed E-state index contributed by atoms with van der Waals surface area (Å²) in [5, 5.41) is 12.7. The zero-order valence-electron chi connectivity index (χ0n) is 12.2. The summed E-state index contributed by atoms with van der Waals surface area (Å²) in [5.74, 6) is 3.04.